The molecule has 0 bridgehead atoms. The van der Waals surface area contributed by atoms with Crippen molar-refractivity contribution in [1.29, 1.82) is 0 Å². The van der Waals surface area contributed by atoms with E-state index in [2.05, 4.69) is 4.90 Å². The minimum Gasteiger partial charge on any atom is -0.399 e. The molecule has 1 aromatic carbocycles. The van der Waals surface area contributed by atoms with Crippen LogP contribution >= 0.6 is 0 Å². The summed E-state index contributed by atoms with van der Waals surface area (Å²) in [6, 6.07) is 4.17. The zero-order valence-corrected chi connectivity index (χ0v) is 9.95. The Morgan fingerprint density at radius 3 is 2.71 bits per heavy atom. The summed E-state index contributed by atoms with van der Waals surface area (Å²) < 4.78 is 13.6. The summed E-state index contributed by atoms with van der Waals surface area (Å²) in [5.41, 5.74) is 6.16. The average Bonchev–Trinajstić information content (AvgIpc) is 2.32. The lowest BCUT2D eigenvalue weighted by Crippen LogP contribution is -2.33. The Morgan fingerprint density at radius 2 is 2.06 bits per heavy atom. The molecule has 1 saturated heterocycles. The van der Waals surface area contributed by atoms with Gasteiger partial charge in [-0.2, -0.15) is 0 Å². The number of ketones is 1. The fraction of sp³-hybridized carbons (Fsp3) is 0.462. The van der Waals surface area contributed by atoms with E-state index in [1.807, 2.05) is 7.05 Å². The molecular formula is C13H17FN2O. The summed E-state index contributed by atoms with van der Waals surface area (Å²) in [6.07, 6.45) is 1.59. The van der Waals surface area contributed by atoms with E-state index in [0.717, 1.165) is 25.9 Å². The lowest BCUT2D eigenvalue weighted by molar-refractivity contribution is 0.0852. The van der Waals surface area contributed by atoms with E-state index in [1.165, 1.54) is 18.2 Å². The molecule has 3 nitrogen and oxygen atoms in total. The van der Waals surface area contributed by atoms with E-state index < -0.39 is 5.82 Å². The highest BCUT2D eigenvalue weighted by Crippen LogP contribution is 2.23. The Kier molecular flexibility index (Phi) is 3.43. The molecule has 2 rings (SSSR count). The van der Waals surface area contributed by atoms with E-state index in [-0.39, 0.29) is 17.3 Å². The number of rotatable bonds is 2. The van der Waals surface area contributed by atoms with Gasteiger partial charge in [-0.1, -0.05) is 0 Å². The van der Waals surface area contributed by atoms with Crippen LogP contribution in [0.3, 0.4) is 0 Å². The highest BCUT2D eigenvalue weighted by Gasteiger charge is 2.26. The van der Waals surface area contributed by atoms with Gasteiger partial charge in [-0.15, -0.1) is 0 Å². The molecule has 0 atom stereocenters. The number of nitrogen functional groups attached to an aromatic ring is 1. The van der Waals surface area contributed by atoms with Crippen molar-refractivity contribution in [1.82, 2.24) is 4.90 Å². The largest absolute Gasteiger partial charge is 0.399 e. The molecular weight excluding hydrogens is 219 g/mol. The smallest absolute Gasteiger partial charge is 0.169 e. The Hall–Kier alpha value is -1.42. The van der Waals surface area contributed by atoms with Gasteiger partial charge in [0.15, 0.2) is 5.78 Å². The summed E-state index contributed by atoms with van der Waals surface area (Å²) >= 11 is 0. The van der Waals surface area contributed by atoms with Crippen molar-refractivity contribution >= 4 is 11.5 Å². The average molecular weight is 236 g/mol. The number of likely N-dealkylation sites (tertiary alicyclic amines) is 1. The van der Waals surface area contributed by atoms with E-state index in [0.29, 0.717) is 5.69 Å². The second kappa shape index (κ2) is 4.84. The van der Waals surface area contributed by atoms with Gasteiger partial charge in [0.1, 0.15) is 5.82 Å². The molecule has 0 aromatic heterocycles. The fourth-order valence-electron chi connectivity index (χ4n) is 2.22. The number of piperidine rings is 1. The van der Waals surface area contributed by atoms with Crippen LogP contribution in [0.4, 0.5) is 10.1 Å². The molecule has 4 heteroatoms. The molecule has 1 heterocycles. The Morgan fingerprint density at radius 1 is 1.41 bits per heavy atom. The number of hydrogen-bond acceptors (Lipinski definition) is 3. The van der Waals surface area contributed by atoms with Crippen LogP contribution in [0, 0.1) is 11.7 Å². The van der Waals surface area contributed by atoms with Gasteiger partial charge >= 0.3 is 0 Å². The first-order valence-electron chi connectivity index (χ1n) is 5.85. The summed E-state index contributed by atoms with van der Waals surface area (Å²) in [4.78, 5) is 14.3. The first kappa shape index (κ1) is 12.0. The van der Waals surface area contributed by atoms with Crippen LogP contribution in [0.15, 0.2) is 18.2 Å². The molecule has 0 radical (unpaired) electrons. The highest BCUT2D eigenvalue weighted by atomic mass is 19.1. The quantitative estimate of drug-likeness (QED) is 0.630. The predicted octanol–water partition coefficient (Wildman–Crippen LogP) is 1.93. The summed E-state index contributed by atoms with van der Waals surface area (Å²) in [7, 11) is 2.03. The molecule has 2 N–H and O–H groups in total. The van der Waals surface area contributed by atoms with Crippen molar-refractivity contribution in [3.8, 4) is 0 Å². The Bertz CT molecular complexity index is 425. The number of halogens is 1. The second-order valence-corrected chi connectivity index (χ2v) is 4.68. The van der Waals surface area contributed by atoms with Crippen molar-refractivity contribution < 1.29 is 9.18 Å². The maximum Gasteiger partial charge on any atom is 0.169 e. The van der Waals surface area contributed by atoms with Gasteiger partial charge < -0.3 is 10.6 Å². The van der Waals surface area contributed by atoms with Crippen LogP contribution in [0.25, 0.3) is 0 Å². The molecule has 1 aliphatic rings. The first-order valence-corrected chi connectivity index (χ1v) is 5.85. The highest BCUT2D eigenvalue weighted by molar-refractivity contribution is 5.98. The minimum atomic E-state index is -0.469. The third kappa shape index (κ3) is 2.64. The third-order valence-corrected chi connectivity index (χ3v) is 3.35. The van der Waals surface area contributed by atoms with Crippen LogP contribution in [-0.2, 0) is 0 Å². The molecule has 0 saturated carbocycles. The third-order valence-electron chi connectivity index (χ3n) is 3.35. The van der Waals surface area contributed by atoms with Gasteiger partial charge in [0, 0.05) is 11.6 Å². The van der Waals surface area contributed by atoms with Gasteiger partial charge in [0.2, 0.25) is 0 Å². The number of nitrogens with two attached hydrogens (primary N) is 1. The first-order chi connectivity index (χ1) is 8.08. The number of carbonyl (C=O) groups excluding carboxylic acids is 1. The number of carbonyl (C=O) groups is 1. The van der Waals surface area contributed by atoms with Crippen LogP contribution in [-0.4, -0.2) is 30.8 Å². The normalized spacial score (nSPS) is 18.2. The number of nitrogens with zero attached hydrogens (tertiary/aromatic N) is 1. The Labute approximate surface area is 100 Å². The molecule has 17 heavy (non-hydrogen) atoms. The van der Waals surface area contributed by atoms with Crippen molar-refractivity contribution in [3.63, 3.8) is 0 Å². The molecule has 0 spiro atoms. The summed E-state index contributed by atoms with van der Waals surface area (Å²) in [5.74, 6) is -0.645. The van der Waals surface area contributed by atoms with Crippen molar-refractivity contribution in [3.05, 3.63) is 29.6 Å². The van der Waals surface area contributed by atoms with Crippen molar-refractivity contribution in [2.75, 3.05) is 25.9 Å². The summed E-state index contributed by atoms with van der Waals surface area (Å²) in [6.45, 7) is 1.78. The minimum absolute atomic E-state index is 0.0671. The maximum absolute atomic E-state index is 13.6. The van der Waals surface area contributed by atoms with Gasteiger partial charge in [0.05, 0.1) is 5.56 Å². The molecule has 1 fully saturated rings. The van der Waals surface area contributed by atoms with Crippen LogP contribution in [0.1, 0.15) is 23.2 Å². The molecule has 1 aliphatic heterocycles. The molecule has 0 unspecified atom stereocenters. The standard InChI is InChI=1S/C13H17FN2O/c1-16-6-4-9(5-7-16)13(17)11-8-10(15)2-3-12(11)14/h2-3,8-9H,4-7,15H2,1H3. The fourth-order valence-corrected chi connectivity index (χ4v) is 2.22. The molecule has 0 aliphatic carbocycles. The van der Waals surface area contributed by atoms with Gasteiger partial charge in [-0.05, 0) is 51.2 Å². The lowest BCUT2D eigenvalue weighted by atomic mass is 9.89. The number of hydrogen-bond donors (Lipinski definition) is 1. The van der Waals surface area contributed by atoms with Crippen LogP contribution in [0.2, 0.25) is 0 Å². The number of Topliss-reactive ketones (excluding diaryl/α,β-unsaturated/α-hetero) is 1. The van der Waals surface area contributed by atoms with Crippen molar-refractivity contribution in [2.45, 2.75) is 12.8 Å². The van der Waals surface area contributed by atoms with Gasteiger partial charge in [-0.3, -0.25) is 4.79 Å². The monoisotopic (exact) mass is 236 g/mol. The molecule has 0 amide bonds. The number of benzene rings is 1. The SMILES string of the molecule is CN1CCC(C(=O)c2cc(N)ccc2F)CC1. The number of anilines is 1. The molecule has 92 valence electrons. The van der Waals surface area contributed by atoms with E-state index in [4.69, 9.17) is 5.73 Å². The van der Waals surface area contributed by atoms with E-state index in [1.54, 1.807) is 0 Å². The maximum atomic E-state index is 13.6. The van der Waals surface area contributed by atoms with Gasteiger partial charge in [-0.25, -0.2) is 4.39 Å². The topological polar surface area (TPSA) is 46.3 Å². The van der Waals surface area contributed by atoms with Crippen molar-refractivity contribution in [2.24, 2.45) is 5.92 Å². The Balaban J connectivity index is 2.16. The zero-order chi connectivity index (χ0) is 12.4. The van der Waals surface area contributed by atoms with E-state index in [9.17, 15) is 9.18 Å². The summed E-state index contributed by atoms with van der Waals surface area (Å²) in [5, 5.41) is 0. The second-order valence-electron chi connectivity index (χ2n) is 4.68. The van der Waals surface area contributed by atoms with Gasteiger partial charge in [0.25, 0.3) is 0 Å². The lowest BCUT2D eigenvalue weighted by Gasteiger charge is -2.28. The van der Waals surface area contributed by atoms with Crippen LogP contribution < -0.4 is 5.73 Å². The zero-order valence-electron chi connectivity index (χ0n) is 9.95. The van der Waals surface area contributed by atoms with E-state index >= 15 is 0 Å². The predicted molar refractivity (Wildman–Crippen MR) is 65.4 cm³/mol. The van der Waals surface area contributed by atoms with Crippen LogP contribution in [0.5, 0.6) is 0 Å². The molecule has 1 aromatic rings.